The second-order valence-electron chi connectivity index (χ2n) is 5.54. The fraction of sp³-hybridized carbons (Fsp3) is 0.118. The fourth-order valence-electron chi connectivity index (χ4n) is 2.67. The average Bonchev–Trinajstić information content (AvgIpc) is 2.52. The first-order valence-corrected chi connectivity index (χ1v) is 7.45. The van der Waals surface area contributed by atoms with Crippen LogP contribution in [0.15, 0.2) is 41.2 Å². The standard InChI is InChI=1S/C17H12F3N3O3/c1-8(21-17(25)26)15-22-13-4-2-3-12(20)14(13)16(24)23(15)11-6-9(18)5-10(19)7-11/h2-8,21H,1H3,(H,25,26). The van der Waals surface area contributed by atoms with Crippen LogP contribution in [-0.2, 0) is 0 Å². The Kier molecular flexibility index (Phi) is 4.37. The van der Waals surface area contributed by atoms with E-state index >= 15 is 0 Å². The van der Waals surface area contributed by atoms with Crippen LogP contribution in [0.4, 0.5) is 18.0 Å². The normalized spacial score (nSPS) is 12.2. The Morgan fingerprint density at radius 3 is 2.46 bits per heavy atom. The molecule has 1 unspecified atom stereocenters. The number of aromatic nitrogens is 2. The topological polar surface area (TPSA) is 84.2 Å². The Labute approximate surface area is 144 Å². The number of hydrogen-bond acceptors (Lipinski definition) is 3. The second-order valence-corrected chi connectivity index (χ2v) is 5.54. The number of hydrogen-bond donors (Lipinski definition) is 2. The predicted octanol–water partition coefficient (Wildman–Crippen LogP) is 3.13. The first-order valence-electron chi connectivity index (χ1n) is 7.45. The number of halogens is 3. The molecule has 9 heteroatoms. The third-order valence-electron chi connectivity index (χ3n) is 3.71. The van der Waals surface area contributed by atoms with E-state index in [0.717, 1.165) is 22.8 Å². The van der Waals surface area contributed by atoms with Crippen LogP contribution in [0.5, 0.6) is 0 Å². The van der Waals surface area contributed by atoms with Crippen molar-refractivity contribution in [2.45, 2.75) is 13.0 Å². The van der Waals surface area contributed by atoms with E-state index in [1.807, 2.05) is 0 Å². The second kappa shape index (κ2) is 6.51. The molecule has 6 nitrogen and oxygen atoms in total. The summed E-state index contributed by atoms with van der Waals surface area (Å²) in [5, 5.41) is 10.7. The van der Waals surface area contributed by atoms with Gasteiger partial charge in [0.25, 0.3) is 5.56 Å². The summed E-state index contributed by atoms with van der Waals surface area (Å²) in [4.78, 5) is 27.9. The summed E-state index contributed by atoms with van der Waals surface area (Å²) in [5.74, 6) is -2.90. The lowest BCUT2D eigenvalue weighted by Gasteiger charge is -2.18. The van der Waals surface area contributed by atoms with Crippen molar-refractivity contribution in [3.63, 3.8) is 0 Å². The van der Waals surface area contributed by atoms with E-state index in [4.69, 9.17) is 5.11 Å². The van der Waals surface area contributed by atoms with E-state index in [0.29, 0.717) is 6.07 Å². The molecule has 0 saturated heterocycles. The first kappa shape index (κ1) is 17.5. The molecule has 2 aromatic carbocycles. The van der Waals surface area contributed by atoms with Gasteiger partial charge in [0, 0.05) is 6.07 Å². The van der Waals surface area contributed by atoms with Gasteiger partial charge in [-0.3, -0.25) is 9.36 Å². The molecule has 1 atom stereocenters. The van der Waals surface area contributed by atoms with Crippen molar-refractivity contribution in [2.24, 2.45) is 0 Å². The van der Waals surface area contributed by atoms with Gasteiger partial charge in [-0.05, 0) is 31.2 Å². The van der Waals surface area contributed by atoms with Crippen LogP contribution in [0.2, 0.25) is 0 Å². The van der Waals surface area contributed by atoms with Gasteiger partial charge in [0.05, 0.1) is 17.2 Å². The van der Waals surface area contributed by atoms with E-state index in [1.54, 1.807) is 0 Å². The highest BCUT2D eigenvalue weighted by molar-refractivity contribution is 5.78. The maximum atomic E-state index is 14.1. The molecule has 3 aromatic rings. The van der Waals surface area contributed by atoms with Gasteiger partial charge in [-0.1, -0.05) is 6.07 Å². The summed E-state index contributed by atoms with van der Waals surface area (Å²) in [6.07, 6.45) is -1.39. The molecule has 0 bridgehead atoms. The number of nitrogens with one attached hydrogen (secondary N) is 1. The molecular formula is C17H12F3N3O3. The minimum atomic E-state index is -1.39. The van der Waals surface area contributed by atoms with Crippen LogP contribution in [0.25, 0.3) is 16.6 Å². The van der Waals surface area contributed by atoms with Crippen molar-refractivity contribution in [1.29, 1.82) is 0 Å². The lowest BCUT2D eigenvalue weighted by Crippen LogP contribution is -2.32. The molecule has 0 aliphatic rings. The minimum absolute atomic E-state index is 0.00263. The molecule has 0 aliphatic carbocycles. The van der Waals surface area contributed by atoms with Crippen molar-refractivity contribution in [1.82, 2.24) is 14.9 Å². The SMILES string of the molecule is CC(NC(=O)O)c1nc2cccc(F)c2c(=O)n1-c1cc(F)cc(F)c1. The summed E-state index contributed by atoms with van der Waals surface area (Å²) in [6, 6.07) is 5.12. The maximum Gasteiger partial charge on any atom is 0.405 e. The molecule has 0 fully saturated rings. The van der Waals surface area contributed by atoms with Gasteiger partial charge in [-0.25, -0.2) is 22.9 Å². The molecule has 26 heavy (non-hydrogen) atoms. The van der Waals surface area contributed by atoms with Gasteiger partial charge in [-0.2, -0.15) is 0 Å². The third-order valence-corrected chi connectivity index (χ3v) is 3.71. The van der Waals surface area contributed by atoms with Crippen LogP contribution >= 0.6 is 0 Å². The molecule has 134 valence electrons. The summed E-state index contributed by atoms with van der Waals surface area (Å²) < 4.78 is 42.2. The smallest absolute Gasteiger partial charge is 0.405 e. The summed E-state index contributed by atoms with van der Waals surface area (Å²) in [7, 11) is 0. The van der Waals surface area contributed by atoms with Crippen LogP contribution in [0.1, 0.15) is 18.8 Å². The van der Waals surface area contributed by atoms with Gasteiger partial charge in [0.1, 0.15) is 28.7 Å². The van der Waals surface area contributed by atoms with Gasteiger partial charge in [0.2, 0.25) is 0 Å². The molecular weight excluding hydrogens is 351 g/mol. The monoisotopic (exact) mass is 363 g/mol. The zero-order valence-electron chi connectivity index (χ0n) is 13.3. The highest BCUT2D eigenvalue weighted by Crippen LogP contribution is 2.21. The Hall–Kier alpha value is -3.36. The fourth-order valence-corrected chi connectivity index (χ4v) is 2.67. The number of carbonyl (C=O) groups is 1. The van der Waals surface area contributed by atoms with Gasteiger partial charge < -0.3 is 10.4 Å². The molecule has 1 aromatic heterocycles. The van der Waals surface area contributed by atoms with Crippen LogP contribution in [-0.4, -0.2) is 20.8 Å². The highest BCUT2D eigenvalue weighted by atomic mass is 19.1. The molecule has 1 heterocycles. The zero-order chi connectivity index (χ0) is 19.0. The maximum absolute atomic E-state index is 14.1. The van der Waals surface area contributed by atoms with Crippen molar-refractivity contribution in [2.75, 3.05) is 0 Å². The van der Waals surface area contributed by atoms with E-state index in [-0.39, 0.29) is 22.4 Å². The Morgan fingerprint density at radius 2 is 1.85 bits per heavy atom. The molecule has 0 spiro atoms. The van der Waals surface area contributed by atoms with Crippen LogP contribution in [0.3, 0.4) is 0 Å². The largest absolute Gasteiger partial charge is 0.465 e. The lowest BCUT2D eigenvalue weighted by atomic mass is 10.2. The first-order chi connectivity index (χ1) is 12.3. The van der Waals surface area contributed by atoms with Crippen molar-refractivity contribution >= 4 is 17.0 Å². The number of nitrogens with zero attached hydrogens (tertiary/aromatic N) is 2. The van der Waals surface area contributed by atoms with Crippen molar-refractivity contribution < 1.29 is 23.1 Å². The lowest BCUT2D eigenvalue weighted by molar-refractivity contribution is 0.190. The highest BCUT2D eigenvalue weighted by Gasteiger charge is 2.21. The quantitative estimate of drug-likeness (QED) is 0.749. The molecule has 2 N–H and O–H groups in total. The molecule has 0 radical (unpaired) electrons. The van der Waals surface area contributed by atoms with E-state index < -0.39 is 35.1 Å². The number of amides is 1. The Balaban J connectivity index is 2.40. The Bertz CT molecular complexity index is 1060. The van der Waals surface area contributed by atoms with E-state index in [2.05, 4.69) is 10.3 Å². The number of carboxylic acid groups (broad SMARTS) is 1. The molecule has 3 rings (SSSR count). The Morgan fingerprint density at radius 1 is 1.19 bits per heavy atom. The van der Waals surface area contributed by atoms with Gasteiger partial charge >= 0.3 is 6.09 Å². The minimum Gasteiger partial charge on any atom is -0.465 e. The van der Waals surface area contributed by atoms with E-state index in [1.165, 1.54) is 19.1 Å². The average molecular weight is 363 g/mol. The summed E-state index contributed by atoms with van der Waals surface area (Å²) >= 11 is 0. The zero-order valence-corrected chi connectivity index (χ0v) is 13.3. The van der Waals surface area contributed by atoms with Crippen molar-refractivity contribution in [3.8, 4) is 5.69 Å². The van der Waals surface area contributed by atoms with E-state index in [9.17, 15) is 22.8 Å². The number of fused-ring (bicyclic) bond motifs is 1. The predicted molar refractivity (Wildman–Crippen MR) is 86.8 cm³/mol. The number of rotatable bonds is 3. The van der Waals surface area contributed by atoms with Crippen LogP contribution < -0.4 is 10.9 Å². The summed E-state index contributed by atoms with van der Waals surface area (Å²) in [5.41, 5.74) is -1.15. The molecule has 0 aliphatic heterocycles. The summed E-state index contributed by atoms with van der Waals surface area (Å²) in [6.45, 7) is 1.40. The van der Waals surface area contributed by atoms with Gasteiger partial charge in [-0.15, -0.1) is 0 Å². The van der Waals surface area contributed by atoms with Gasteiger partial charge in [0.15, 0.2) is 0 Å². The molecule has 0 saturated carbocycles. The number of benzene rings is 2. The van der Waals surface area contributed by atoms with Crippen molar-refractivity contribution in [3.05, 3.63) is 70.0 Å². The molecule has 1 amide bonds. The van der Waals surface area contributed by atoms with Crippen LogP contribution in [0, 0.1) is 17.5 Å². The third kappa shape index (κ3) is 3.10.